The molecule has 1 aromatic heterocycles. The fraction of sp³-hybridized carbons (Fsp3) is 0.857. The van der Waals surface area contributed by atoms with Crippen LogP contribution in [0.4, 0.5) is 0 Å². The number of unbranched alkanes of at least 4 members (excludes halogenated alkanes) is 4. The number of aryl methyl sites for hydroxylation is 2. The summed E-state index contributed by atoms with van der Waals surface area (Å²) in [6.07, 6.45) is 7.08. The van der Waals surface area contributed by atoms with Gasteiger partial charge in [-0.2, -0.15) is 0 Å². The van der Waals surface area contributed by atoms with Crippen LogP contribution < -0.4 is 0 Å². The molecule has 0 fully saturated rings. The van der Waals surface area contributed by atoms with Gasteiger partial charge in [0.15, 0.2) is 0 Å². The van der Waals surface area contributed by atoms with Gasteiger partial charge in [-0.05, 0) is 19.3 Å². The van der Waals surface area contributed by atoms with E-state index >= 15 is 0 Å². The molecule has 3 nitrogen and oxygen atoms in total. The molecule has 0 radical (unpaired) electrons. The van der Waals surface area contributed by atoms with Gasteiger partial charge in [0.05, 0.1) is 5.69 Å². The summed E-state index contributed by atoms with van der Waals surface area (Å²) in [6, 6.07) is 0. The van der Waals surface area contributed by atoms with Crippen LogP contribution in [0.5, 0.6) is 0 Å². The Kier molecular flexibility index (Phi) is 8.60. The maximum Gasteiger partial charge on any atom is 0.228 e. The highest BCUT2D eigenvalue weighted by Gasteiger charge is 2.51. The lowest BCUT2D eigenvalue weighted by molar-refractivity contribution is 0.504. The SMILES string of the molecule is CCCCCCn1nnc(CCCC)c1C(Cl)(Cl)C(Cl)(Cl)Cl. The van der Waals surface area contributed by atoms with Crippen LogP contribution in [-0.4, -0.2) is 18.8 Å². The maximum absolute atomic E-state index is 6.38. The van der Waals surface area contributed by atoms with E-state index in [4.69, 9.17) is 58.0 Å². The van der Waals surface area contributed by atoms with Gasteiger partial charge in [0.25, 0.3) is 0 Å². The van der Waals surface area contributed by atoms with E-state index in [0.717, 1.165) is 32.1 Å². The molecule has 1 aromatic rings. The zero-order chi connectivity index (χ0) is 16.8. The van der Waals surface area contributed by atoms with Gasteiger partial charge in [-0.25, -0.2) is 4.68 Å². The van der Waals surface area contributed by atoms with E-state index in [2.05, 4.69) is 24.2 Å². The summed E-state index contributed by atoms with van der Waals surface area (Å²) in [5.41, 5.74) is 1.20. The minimum absolute atomic E-state index is 0.501. The minimum atomic E-state index is -1.86. The van der Waals surface area contributed by atoms with Gasteiger partial charge in [0.1, 0.15) is 5.69 Å². The lowest BCUT2D eigenvalue weighted by atomic mass is 10.1. The Bertz CT molecular complexity index is 454. The zero-order valence-corrected chi connectivity index (χ0v) is 16.7. The van der Waals surface area contributed by atoms with Gasteiger partial charge < -0.3 is 0 Å². The van der Waals surface area contributed by atoms with E-state index in [1.54, 1.807) is 4.68 Å². The predicted molar refractivity (Wildman–Crippen MR) is 96.5 cm³/mol. The molecule has 0 aliphatic rings. The highest BCUT2D eigenvalue weighted by Crippen LogP contribution is 2.53. The number of alkyl halides is 5. The van der Waals surface area contributed by atoms with E-state index in [1.807, 2.05) is 0 Å². The van der Waals surface area contributed by atoms with Gasteiger partial charge in [-0.3, -0.25) is 0 Å². The largest absolute Gasteiger partial charge is 0.246 e. The Labute approximate surface area is 157 Å². The number of hydrogen-bond donors (Lipinski definition) is 0. The number of nitrogens with zero attached hydrogens (tertiary/aromatic N) is 3. The average molecular weight is 410 g/mol. The highest BCUT2D eigenvalue weighted by atomic mass is 35.6. The zero-order valence-electron chi connectivity index (χ0n) is 12.9. The highest BCUT2D eigenvalue weighted by molar-refractivity contribution is 6.75. The molecule has 0 unspecified atom stereocenters. The lowest BCUT2D eigenvalue weighted by Gasteiger charge is -2.28. The van der Waals surface area contributed by atoms with Crippen LogP contribution in [0.15, 0.2) is 0 Å². The second kappa shape index (κ2) is 9.17. The van der Waals surface area contributed by atoms with Gasteiger partial charge in [0, 0.05) is 6.54 Å². The first-order chi connectivity index (χ1) is 10.3. The normalized spacial score (nSPS) is 12.9. The van der Waals surface area contributed by atoms with Crippen molar-refractivity contribution in [3.63, 3.8) is 0 Å². The topological polar surface area (TPSA) is 30.7 Å². The van der Waals surface area contributed by atoms with Crippen LogP contribution in [-0.2, 0) is 17.3 Å². The third-order valence-electron chi connectivity index (χ3n) is 3.45. The van der Waals surface area contributed by atoms with Crippen LogP contribution in [0.1, 0.15) is 63.8 Å². The van der Waals surface area contributed by atoms with Gasteiger partial charge in [-0.1, -0.05) is 103 Å². The molecule has 128 valence electrons. The Morgan fingerprint density at radius 3 is 2.09 bits per heavy atom. The van der Waals surface area contributed by atoms with Crippen molar-refractivity contribution in [2.45, 2.75) is 73.5 Å². The maximum atomic E-state index is 6.38. The molecule has 0 atom stereocenters. The molecule has 0 aromatic carbocycles. The van der Waals surface area contributed by atoms with Crippen LogP contribution in [0.3, 0.4) is 0 Å². The summed E-state index contributed by atoms with van der Waals surface area (Å²) >= 11 is 30.7. The quantitative estimate of drug-likeness (QED) is 0.359. The molecule has 0 aliphatic carbocycles. The van der Waals surface area contributed by atoms with Crippen molar-refractivity contribution in [2.24, 2.45) is 0 Å². The van der Waals surface area contributed by atoms with Crippen molar-refractivity contribution < 1.29 is 0 Å². The minimum Gasteiger partial charge on any atom is -0.246 e. The molecule has 0 spiro atoms. The first kappa shape index (κ1) is 20.6. The molecule has 0 aliphatic heterocycles. The van der Waals surface area contributed by atoms with E-state index in [0.29, 0.717) is 24.4 Å². The fourth-order valence-corrected chi connectivity index (χ4v) is 2.87. The molecule has 8 heteroatoms. The van der Waals surface area contributed by atoms with Crippen molar-refractivity contribution in [1.29, 1.82) is 0 Å². The standard InChI is InChI=1S/C14H22Cl5N3/c1-3-5-7-8-10-22-12(13(15,16)14(17,18)19)11(20-21-22)9-6-4-2/h3-10H2,1-2H3. The summed E-state index contributed by atoms with van der Waals surface area (Å²) in [5, 5.41) is 8.37. The van der Waals surface area contributed by atoms with E-state index in [9.17, 15) is 0 Å². The molecule has 0 amide bonds. The fourth-order valence-electron chi connectivity index (χ4n) is 2.18. The van der Waals surface area contributed by atoms with Crippen LogP contribution in [0.25, 0.3) is 0 Å². The summed E-state index contributed by atoms with van der Waals surface area (Å²) in [5.74, 6) is 0. The number of halogens is 5. The van der Waals surface area contributed by atoms with Crippen molar-refractivity contribution >= 4 is 58.0 Å². The van der Waals surface area contributed by atoms with Crippen molar-refractivity contribution in [3.05, 3.63) is 11.4 Å². The first-order valence-electron chi connectivity index (χ1n) is 7.63. The summed E-state index contributed by atoms with van der Waals surface area (Å²) < 4.78 is -1.86. The third-order valence-corrected chi connectivity index (χ3v) is 5.80. The number of aromatic nitrogens is 3. The number of hydrogen-bond acceptors (Lipinski definition) is 2. The van der Waals surface area contributed by atoms with Gasteiger partial charge >= 0.3 is 0 Å². The second-order valence-electron chi connectivity index (χ2n) is 5.34. The predicted octanol–water partition coefficient (Wildman–Crippen LogP) is 6.20. The third kappa shape index (κ3) is 5.31. The Morgan fingerprint density at radius 1 is 0.909 bits per heavy atom. The van der Waals surface area contributed by atoms with Crippen LogP contribution >= 0.6 is 58.0 Å². The molecule has 1 heterocycles. The monoisotopic (exact) mass is 407 g/mol. The lowest BCUT2D eigenvalue weighted by Crippen LogP contribution is -2.32. The van der Waals surface area contributed by atoms with Crippen LogP contribution in [0.2, 0.25) is 0 Å². The molecule has 22 heavy (non-hydrogen) atoms. The van der Waals surface area contributed by atoms with Crippen LogP contribution in [0, 0.1) is 0 Å². The average Bonchev–Trinajstić information content (AvgIpc) is 2.83. The summed E-state index contributed by atoms with van der Waals surface area (Å²) in [7, 11) is 0. The van der Waals surface area contributed by atoms with Gasteiger partial charge in [0.2, 0.25) is 8.13 Å². The Morgan fingerprint density at radius 2 is 1.55 bits per heavy atom. The molecular weight excluding hydrogens is 387 g/mol. The Balaban J connectivity index is 3.04. The first-order valence-corrected chi connectivity index (χ1v) is 9.52. The summed E-state index contributed by atoms with van der Waals surface area (Å²) in [4.78, 5) is 0. The molecule has 0 bridgehead atoms. The molecule has 1 rings (SSSR count). The van der Waals surface area contributed by atoms with Crippen molar-refractivity contribution in [1.82, 2.24) is 15.0 Å². The molecular formula is C14H22Cl5N3. The van der Waals surface area contributed by atoms with E-state index in [-0.39, 0.29) is 0 Å². The molecule has 0 N–H and O–H groups in total. The molecule has 0 saturated heterocycles. The Hall–Kier alpha value is 0.590. The second-order valence-corrected chi connectivity index (χ2v) is 8.95. The van der Waals surface area contributed by atoms with Gasteiger partial charge in [-0.15, -0.1) is 5.10 Å². The number of rotatable bonds is 9. The van der Waals surface area contributed by atoms with Crippen molar-refractivity contribution in [2.75, 3.05) is 0 Å². The smallest absolute Gasteiger partial charge is 0.228 e. The van der Waals surface area contributed by atoms with E-state index < -0.39 is 8.13 Å². The molecule has 0 saturated carbocycles. The van der Waals surface area contributed by atoms with Crippen molar-refractivity contribution in [3.8, 4) is 0 Å². The van der Waals surface area contributed by atoms with E-state index in [1.165, 1.54) is 6.42 Å². The summed E-state index contributed by atoms with van der Waals surface area (Å²) in [6.45, 7) is 4.92.